The van der Waals surface area contributed by atoms with Crippen LogP contribution < -0.4 is 5.32 Å². The molecule has 1 amide bonds. The van der Waals surface area contributed by atoms with Gasteiger partial charge in [0.2, 0.25) is 5.91 Å². The Kier molecular flexibility index (Phi) is 34.7. The highest BCUT2D eigenvalue weighted by molar-refractivity contribution is 7.47. The average Bonchev–Trinajstić information content (AvgIpc) is 3.13. The number of aliphatic hydroxyl groups is 1. The molecule has 53 heavy (non-hydrogen) atoms. The Morgan fingerprint density at radius 3 is 1.60 bits per heavy atom. The average molecular weight is 770 g/mol. The summed E-state index contributed by atoms with van der Waals surface area (Å²) in [4.78, 5) is 45.7. The summed E-state index contributed by atoms with van der Waals surface area (Å²) in [5, 5.41) is 21.7. The maximum atomic E-state index is 12.2. The first-order chi connectivity index (χ1) is 25.6. The smallest absolute Gasteiger partial charge is 0.472 e. The van der Waals surface area contributed by atoms with E-state index in [1.807, 2.05) is 0 Å². The molecule has 0 heterocycles. The van der Waals surface area contributed by atoms with Crippen LogP contribution >= 0.6 is 7.82 Å². The van der Waals surface area contributed by atoms with Gasteiger partial charge in [-0.05, 0) is 70.6 Å². The van der Waals surface area contributed by atoms with Crippen LogP contribution in [0.15, 0.2) is 48.6 Å². The minimum absolute atomic E-state index is 0.127. The number of carboxylic acid groups (broad SMARTS) is 1. The van der Waals surface area contributed by atoms with Crippen molar-refractivity contribution in [2.45, 2.75) is 174 Å². The Balaban J connectivity index is 3.98. The molecule has 0 saturated carbocycles. The number of phosphoric acid groups is 1. The zero-order valence-corrected chi connectivity index (χ0v) is 33.7. The van der Waals surface area contributed by atoms with E-state index in [0.717, 1.165) is 89.9 Å². The van der Waals surface area contributed by atoms with E-state index in [1.165, 1.54) is 32.1 Å². The third kappa shape index (κ3) is 36.2. The first-order valence-electron chi connectivity index (χ1n) is 20.2. The summed E-state index contributed by atoms with van der Waals surface area (Å²) in [7, 11) is -4.76. The lowest BCUT2D eigenvalue weighted by molar-refractivity contribution is -0.147. The Hall–Kier alpha value is -2.56. The van der Waals surface area contributed by atoms with E-state index >= 15 is 0 Å². The predicted octanol–water partition coefficient (Wildman–Crippen LogP) is 9.83. The number of amides is 1. The zero-order chi connectivity index (χ0) is 39.3. The highest BCUT2D eigenvalue weighted by Gasteiger charge is 2.28. The molecule has 4 N–H and O–H groups in total. The van der Waals surface area contributed by atoms with Crippen LogP contribution in [0.4, 0.5) is 0 Å². The highest BCUT2D eigenvalue weighted by Crippen LogP contribution is 2.43. The molecule has 0 fully saturated rings. The van der Waals surface area contributed by atoms with E-state index in [4.69, 9.17) is 13.8 Å². The second kappa shape index (κ2) is 36.4. The lowest BCUT2D eigenvalue weighted by Crippen LogP contribution is -2.43. The minimum atomic E-state index is -4.76. The predicted molar refractivity (Wildman–Crippen MR) is 212 cm³/mol. The molecular formula is C41H72NO10P. The molecule has 0 aromatic carbocycles. The monoisotopic (exact) mass is 769 g/mol. The van der Waals surface area contributed by atoms with Crippen molar-refractivity contribution in [2.75, 3.05) is 19.8 Å². The second-order valence-electron chi connectivity index (χ2n) is 13.5. The van der Waals surface area contributed by atoms with E-state index in [1.54, 1.807) is 0 Å². The van der Waals surface area contributed by atoms with Gasteiger partial charge < -0.3 is 25.2 Å². The zero-order valence-electron chi connectivity index (χ0n) is 32.8. The molecule has 11 nitrogen and oxygen atoms in total. The molecule has 0 radical (unpaired) electrons. The maximum Gasteiger partial charge on any atom is 0.472 e. The molecule has 0 rings (SSSR count). The van der Waals surface area contributed by atoms with Crippen molar-refractivity contribution >= 4 is 25.7 Å². The summed E-state index contributed by atoms with van der Waals surface area (Å²) >= 11 is 0. The topological polar surface area (TPSA) is 169 Å². The summed E-state index contributed by atoms with van der Waals surface area (Å²) in [5.41, 5.74) is 0. The molecule has 0 aromatic rings. The second-order valence-corrected chi connectivity index (χ2v) is 14.9. The Bertz CT molecular complexity index is 1090. The molecule has 0 aliphatic heterocycles. The fourth-order valence-electron chi connectivity index (χ4n) is 5.15. The number of aliphatic carboxylic acids is 1. The Morgan fingerprint density at radius 2 is 1.08 bits per heavy atom. The van der Waals surface area contributed by atoms with Crippen LogP contribution in [0, 0.1) is 0 Å². The van der Waals surface area contributed by atoms with Gasteiger partial charge in [-0.1, -0.05) is 127 Å². The number of phosphoric ester groups is 1. The fraction of sp³-hybridized carbons (Fsp3) is 0.732. The standard InChI is InChI=1S/C41H72NO10P/c1-3-5-7-9-11-13-15-17-18-19-21-23-25-27-29-31-33-40(45)50-34-37(43)35-51-53(48,49)52-36-38(41(46)47)42-39(44)32-30-28-26-24-22-20-16-14-12-10-8-6-4-2/h8,10,13-16,18-19,37-38,43H,3-7,9,11-12,17,20-36H2,1-2H3,(H,42,44)(H,46,47)(H,48,49)/b10-8-,15-13-,16-14-,19-18-. The van der Waals surface area contributed by atoms with Crippen LogP contribution in [0.25, 0.3) is 0 Å². The molecule has 3 atom stereocenters. The third-order valence-corrected chi connectivity index (χ3v) is 9.27. The summed E-state index contributed by atoms with van der Waals surface area (Å²) in [6, 6.07) is -1.56. The number of esters is 1. The highest BCUT2D eigenvalue weighted by atomic mass is 31.2. The van der Waals surface area contributed by atoms with Crippen molar-refractivity contribution in [1.29, 1.82) is 0 Å². The molecule has 12 heteroatoms. The van der Waals surface area contributed by atoms with Gasteiger partial charge in [0.15, 0.2) is 6.04 Å². The summed E-state index contributed by atoms with van der Waals surface area (Å²) < 4.78 is 26.7. The van der Waals surface area contributed by atoms with Crippen LogP contribution in [0.2, 0.25) is 0 Å². The number of hydrogen-bond donors (Lipinski definition) is 4. The normalized spacial score (nSPS) is 14.3. The van der Waals surface area contributed by atoms with Gasteiger partial charge in [-0.25, -0.2) is 9.36 Å². The van der Waals surface area contributed by atoms with Gasteiger partial charge in [0.05, 0.1) is 13.2 Å². The molecule has 0 aliphatic rings. The van der Waals surface area contributed by atoms with Gasteiger partial charge >= 0.3 is 19.8 Å². The van der Waals surface area contributed by atoms with E-state index in [2.05, 4.69) is 67.8 Å². The van der Waals surface area contributed by atoms with Crippen molar-refractivity contribution in [1.82, 2.24) is 5.32 Å². The molecule has 0 spiro atoms. The van der Waals surface area contributed by atoms with Gasteiger partial charge in [0.25, 0.3) is 0 Å². The van der Waals surface area contributed by atoms with Crippen LogP contribution in [0.1, 0.15) is 162 Å². The minimum Gasteiger partial charge on any atom is -0.480 e. The number of rotatable bonds is 37. The maximum absolute atomic E-state index is 12.2. The molecule has 0 bridgehead atoms. The molecular weight excluding hydrogens is 697 g/mol. The first-order valence-corrected chi connectivity index (χ1v) is 21.7. The number of carbonyl (C=O) groups excluding carboxylic acids is 2. The number of hydrogen-bond acceptors (Lipinski definition) is 8. The largest absolute Gasteiger partial charge is 0.480 e. The van der Waals surface area contributed by atoms with Crippen molar-refractivity contribution in [3.8, 4) is 0 Å². The van der Waals surface area contributed by atoms with Crippen LogP contribution in [-0.2, 0) is 32.7 Å². The summed E-state index contributed by atoms with van der Waals surface area (Å²) in [6.45, 7) is 2.46. The number of ether oxygens (including phenoxy) is 1. The van der Waals surface area contributed by atoms with Crippen LogP contribution in [-0.4, -0.2) is 64.9 Å². The van der Waals surface area contributed by atoms with Crippen molar-refractivity contribution < 1.29 is 47.8 Å². The first kappa shape index (κ1) is 50.4. The lowest BCUT2D eigenvalue weighted by Gasteiger charge is -2.18. The molecule has 0 aliphatic carbocycles. The number of aliphatic hydroxyl groups excluding tert-OH is 1. The van der Waals surface area contributed by atoms with Gasteiger partial charge in [0, 0.05) is 12.8 Å². The van der Waals surface area contributed by atoms with Gasteiger partial charge in [-0.15, -0.1) is 0 Å². The molecule has 3 unspecified atom stereocenters. The number of carbonyl (C=O) groups is 3. The van der Waals surface area contributed by atoms with Gasteiger partial charge in [-0.2, -0.15) is 0 Å². The molecule has 306 valence electrons. The summed E-state index contributed by atoms with van der Waals surface area (Å²) in [5.74, 6) is -2.41. The summed E-state index contributed by atoms with van der Waals surface area (Å²) in [6.07, 6.45) is 38.5. The van der Waals surface area contributed by atoms with Crippen molar-refractivity contribution in [3.63, 3.8) is 0 Å². The Morgan fingerprint density at radius 1 is 0.604 bits per heavy atom. The van der Waals surface area contributed by atoms with Gasteiger partial charge in [0.1, 0.15) is 12.7 Å². The fourth-order valence-corrected chi connectivity index (χ4v) is 5.92. The number of carboxylic acids is 1. The van der Waals surface area contributed by atoms with E-state index in [9.17, 15) is 34.1 Å². The SMILES string of the molecule is CCC/C=C\C/C=C\CCCCCCCC(=O)NC(COP(=O)(O)OCC(O)COC(=O)CCCCCCC/C=C\C/C=C\CCCCCC)C(=O)O. The van der Waals surface area contributed by atoms with Crippen molar-refractivity contribution in [2.24, 2.45) is 0 Å². The molecule has 0 aromatic heterocycles. The van der Waals surface area contributed by atoms with Gasteiger partial charge in [-0.3, -0.25) is 18.6 Å². The van der Waals surface area contributed by atoms with E-state index in [0.29, 0.717) is 12.8 Å². The number of nitrogens with one attached hydrogen (secondary N) is 1. The van der Waals surface area contributed by atoms with E-state index in [-0.39, 0.29) is 12.8 Å². The molecule has 0 saturated heterocycles. The van der Waals surface area contributed by atoms with Crippen LogP contribution in [0.5, 0.6) is 0 Å². The van der Waals surface area contributed by atoms with Crippen LogP contribution in [0.3, 0.4) is 0 Å². The third-order valence-electron chi connectivity index (χ3n) is 8.32. The number of unbranched alkanes of at least 4 members (excludes halogenated alkanes) is 15. The number of allylic oxidation sites excluding steroid dienone is 8. The van der Waals surface area contributed by atoms with Crippen molar-refractivity contribution in [3.05, 3.63) is 48.6 Å². The quantitative estimate of drug-likeness (QED) is 0.0207. The van der Waals surface area contributed by atoms with E-state index < -0.39 is 57.6 Å². The lowest BCUT2D eigenvalue weighted by atomic mass is 10.1. The Labute approximate surface area is 320 Å².